The van der Waals surface area contributed by atoms with Gasteiger partial charge in [0.05, 0.1) is 10.2 Å². The third kappa shape index (κ3) is 4.31. The summed E-state index contributed by atoms with van der Waals surface area (Å²) >= 11 is 7.51. The second-order valence-electron chi connectivity index (χ2n) is 6.62. The van der Waals surface area contributed by atoms with Gasteiger partial charge in [0.1, 0.15) is 0 Å². The molecule has 29 heavy (non-hydrogen) atoms. The van der Waals surface area contributed by atoms with Crippen LogP contribution in [0.2, 0.25) is 5.02 Å². The summed E-state index contributed by atoms with van der Waals surface area (Å²) in [5.74, 6) is 0.941. The molecular formula is C21H19ClN4O2S. The van der Waals surface area contributed by atoms with E-state index in [1.165, 1.54) is 16.9 Å². The first kappa shape index (κ1) is 19.5. The Balaban J connectivity index is 1.44. The van der Waals surface area contributed by atoms with Crippen molar-refractivity contribution >= 4 is 44.2 Å². The Kier molecular flexibility index (Phi) is 5.60. The predicted molar refractivity (Wildman–Crippen MR) is 115 cm³/mol. The highest BCUT2D eigenvalue weighted by molar-refractivity contribution is 7.22. The zero-order chi connectivity index (χ0) is 20.4. The minimum absolute atomic E-state index is 0.0345. The monoisotopic (exact) mass is 426 g/mol. The molecule has 1 amide bonds. The average Bonchev–Trinajstić information content (AvgIpc) is 3.34. The Hall–Kier alpha value is -2.77. The quantitative estimate of drug-likeness (QED) is 0.418. The molecule has 0 spiro atoms. The van der Waals surface area contributed by atoms with E-state index in [0.717, 1.165) is 15.8 Å². The zero-order valence-electron chi connectivity index (χ0n) is 16.1. The summed E-state index contributed by atoms with van der Waals surface area (Å²) in [7, 11) is 0. The lowest BCUT2D eigenvalue weighted by Gasteiger charge is -2.16. The van der Waals surface area contributed by atoms with Gasteiger partial charge in [-0.15, -0.1) is 0 Å². The molecule has 0 radical (unpaired) electrons. The second-order valence-corrected chi connectivity index (χ2v) is 8.07. The van der Waals surface area contributed by atoms with Gasteiger partial charge in [-0.3, -0.25) is 9.69 Å². The largest absolute Gasteiger partial charge is 0.339 e. The minimum Gasteiger partial charge on any atom is -0.339 e. The first-order valence-electron chi connectivity index (χ1n) is 9.29. The Morgan fingerprint density at radius 3 is 2.72 bits per heavy atom. The van der Waals surface area contributed by atoms with Gasteiger partial charge in [0, 0.05) is 30.0 Å². The van der Waals surface area contributed by atoms with Crippen molar-refractivity contribution in [3.63, 3.8) is 0 Å². The number of amides is 1. The molecule has 148 valence electrons. The van der Waals surface area contributed by atoms with Gasteiger partial charge in [-0.1, -0.05) is 57.9 Å². The van der Waals surface area contributed by atoms with Crippen LogP contribution in [0.15, 0.2) is 47.0 Å². The molecule has 0 aliphatic carbocycles. The van der Waals surface area contributed by atoms with E-state index in [0.29, 0.717) is 34.8 Å². The highest BCUT2D eigenvalue weighted by Crippen LogP contribution is 2.31. The number of fused-ring (bicyclic) bond motifs is 1. The average molecular weight is 427 g/mol. The maximum atomic E-state index is 12.8. The summed E-state index contributed by atoms with van der Waals surface area (Å²) in [6, 6.07) is 13.5. The van der Waals surface area contributed by atoms with Gasteiger partial charge in [-0.2, -0.15) is 4.98 Å². The summed E-state index contributed by atoms with van der Waals surface area (Å²) in [4.78, 5) is 23.4. The lowest BCUT2D eigenvalue weighted by molar-refractivity contribution is -0.118. The molecule has 0 aliphatic heterocycles. The Morgan fingerprint density at radius 2 is 1.97 bits per heavy atom. The fourth-order valence-corrected chi connectivity index (χ4v) is 4.14. The van der Waals surface area contributed by atoms with E-state index in [1.54, 1.807) is 11.0 Å². The Bertz CT molecular complexity index is 1150. The highest BCUT2D eigenvalue weighted by Gasteiger charge is 2.19. The molecule has 0 bridgehead atoms. The van der Waals surface area contributed by atoms with Gasteiger partial charge in [-0.25, -0.2) is 4.98 Å². The van der Waals surface area contributed by atoms with Crippen LogP contribution in [0.25, 0.3) is 21.6 Å². The summed E-state index contributed by atoms with van der Waals surface area (Å²) in [5.41, 5.74) is 2.85. The summed E-state index contributed by atoms with van der Waals surface area (Å²) in [6.07, 6.45) is 0.644. The highest BCUT2D eigenvalue weighted by atomic mass is 35.5. The number of rotatable bonds is 6. The van der Waals surface area contributed by atoms with Gasteiger partial charge in [0.25, 0.3) is 0 Å². The zero-order valence-corrected chi connectivity index (χ0v) is 17.6. The molecule has 2 aromatic heterocycles. The van der Waals surface area contributed by atoms with Gasteiger partial charge >= 0.3 is 0 Å². The number of nitrogens with zero attached hydrogens (tertiary/aromatic N) is 4. The standard InChI is InChI=1S/C21H19ClN4O2S/c1-3-26(21-23-16-12-15(22)8-9-17(16)29-21)19(27)11-10-18-24-20(25-28-18)14-6-4-13(2)5-7-14/h4-9,12H,3,10-11H2,1-2H3. The van der Waals surface area contributed by atoms with Gasteiger partial charge in [-0.05, 0) is 32.0 Å². The van der Waals surface area contributed by atoms with Gasteiger partial charge in [0.15, 0.2) is 5.13 Å². The molecule has 0 saturated carbocycles. The number of aryl methyl sites for hydroxylation is 2. The molecular weight excluding hydrogens is 408 g/mol. The van der Waals surface area contributed by atoms with E-state index in [9.17, 15) is 4.79 Å². The fraction of sp³-hybridized carbons (Fsp3) is 0.238. The second kappa shape index (κ2) is 8.31. The van der Waals surface area contributed by atoms with Crippen molar-refractivity contribution in [2.45, 2.75) is 26.7 Å². The number of benzene rings is 2. The summed E-state index contributed by atoms with van der Waals surface area (Å²) < 4.78 is 6.32. The summed E-state index contributed by atoms with van der Waals surface area (Å²) in [6.45, 7) is 4.49. The number of halogens is 1. The molecule has 4 rings (SSSR count). The molecule has 4 aromatic rings. The predicted octanol–water partition coefficient (Wildman–Crippen LogP) is 5.29. The number of hydrogen-bond acceptors (Lipinski definition) is 6. The SMILES string of the molecule is CCN(C(=O)CCc1nc(-c2ccc(C)cc2)no1)c1nc2cc(Cl)ccc2s1. The molecule has 2 heterocycles. The van der Waals surface area contributed by atoms with Crippen molar-refractivity contribution in [3.8, 4) is 11.4 Å². The summed E-state index contributed by atoms with van der Waals surface area (Å²) in [5, 5.41) is 5.32. The molecule has 0 atom stereocenters. The van der Waals surface area contributed by atoms with E-state index in [4.69, 9.17) is 16.1 Å². The van der Waals surface area contributed by atoms with Crippen molar-refractivity contribution in [3.05, 3.63) is 58.9 Å². The van der Waals surface area contributed by atoms with Gasteiger partial charge in [0.2, 0.25) is 17.6 Å². The Morgan fingerprint density at radius 1 is 1.17 bits per heavy atom. The first-order valence-corrected chi connectivity index (χ1v) is 10.5. The van der Waals surface area contributed by atoms with Gasteiger partial charge < -0.3 is 4.52 Å². The number of anilines is 1. The van der Waals surface area contributed by atoms with E-state index in [-0.39, 0.29) is 12.3 Å². The van der Waals surface area contributed by atoms with Crippen molar-refractivity contribution in [2.75, 3.05) is 11.4 Å². The van der Waals surface area contributed by atoms with Crippen LogP contribution in [0, 0.1) is 6.92 Å². The van der Waals surface area contributed by atoms with Crippen LogP contribution in [0.5, 0.6) is 0 Å². The maximum absolute atomic E-state index is 12.8. The molecule has 0 N–H and O–H groups in total. The lowest BCUT2D eigenvalue weighted by Crippen LogP contribution is -2.30. The smallest absolute Gasteiger partial charge is 0.229 e. The van der Waals surface area contributed by atoms with E-state index in [1.807, 2.05) is 50.2 Å². The first-order chi connectivity index (χ1) is 14.0. The van der Waals surface area contributed by atoms with Crippen LogP contribution in [0.3, 0.4) is 0 Å². The van der Waals surface area contributed by atoms with Crippen molar-refractivity contribution in [2.24, 2.45) is 0 Å². The van der Waals surface area contributed by atoms with Crippen molar-refractivity contribution in [1.29, 1.82) is 0 Å². The minimum atomic E-state index is -0.0345. The Labute approximate surface area is 177 Å². The van der Waals surface area contributed by atoms with Crippen LogP contribution < -0.4 is 4.90 Å². The molecule has 0 fully saturated rings. The van der Waals surface area contributed by atoms with Crippen molar-refractivity contribution < 1.29 is 9.32 Å². The normalized spacial score (nSPS) is 11.1. The maximum Gasteiger partial charge on any atom is 0.229 e. The van der Waals surface area contributed by atoms with Crippen LogP contribution in [0.1, 0.15) is 24.8 Å². The van der Waals surface area contributed by atoms with Crippen LogP contribution in [-0.2, 0) is 11.2 Å². The number of hydrogen-bond donors (Lipinski definition) is 0. The van der Waals surface area contributed by atoms with Crippen molar-refractivity contribution in [1.82, 2.24) is 15.1 Å². The van der Waals surface area contributed by atoms with Crippen LogP contribution in [0.4, 0.5) is 5.13 Å². The third-order valence-electron chi connectivity index (χ3n) is 4.52. The number of carbonyl (C=O) groups excluding carboxylic acids is 1. The van der Waals surface area contributed by atoms with Crippen LogP contribution >= 0.6 is 22.9 Å². The molecule has 8 heteroatoms. The molecule has 0 saturated heterocycles. The third-order valence-corrected chi connectivity index (χ3v) is 5.81. The van der Waals surface area contributed by atoms with Crippen LogP contribution in [-0.4, -0.2) is 27.6 Å². The lowest BCUT2D eigenvalue weighted by atomic mass is 10.1. The molecule has 6 nitrogen and oxygen atoms in total. The molecule has 0 unspecified atom stereocenters. The topological polar surface area (TPSA) is 72.1 Å². The van der Waals surface area contributed by atoms with E-state index < -0.39 is 0 Å². The van der Waals surface area contributed by atoms with E-state index in [2.05, 4.69) is 15.1 Å². The fourth-order valence-electron chi connectivity index (χ4n) is 2.95. The molecule has 0 aliphatic rings. The number of thiazole rings is 1. The number of carbonyl (C=O) groups is 1. The molecule has 2 aromatic carbocycles. The van der Waals surface area contributed by atoms with E-state index >= 15 is 0 Å². The number of aromatic nitrogens is 3.